The molecule has 4 rings (SSSR count). The van der Waals surface area contributed by atoms with Crippen LogP contribution in [0, 0.1) is 12.7 Å². The van der Waals surface area contributed by atoms with Gasteiger partial charge in [0, 0.05) is 10.9 Å². The van der Waals surface area contributed by atoms with Crippen molar-refractivity contribution < 1.29 is 4.39 Å². The summed E-state index contributed by atoms with van der Waals surface area (Å²) in [5, 5.41) is 7.34. The molecular weight excluding hydrogens is 315 g/mol. The molecule has 0 radical (unpaired) electrons. The van der Waals surface area contributed by atoms with E-state index >= 15 is 0 Å². The molecule has 0 saturated carbocycles. The molecule has 4 nitrogen and oxygen atoms in total. The molecule has 0 spiro atoms. The second kappa shape index (κ2) is 6.33. The van der Waals surface area contributed by atoms with Gasteiger partial charge in [0.25, 0.3) is 0 Å². The van der Waals surface area contributed by atoms with Gasteiger partial charge in [0.15, 0.2) is 0 Å². The van der Waals surface area contributed by atoms with E-state index in [-0.39, 0.29) is 5.82 Å². The highest BCUT2D eigenvalue weighted by molar-refractivity contribution is 6.06. The van der Waals surface area contributed by atoms with E-state index in [1.165, 1.54) is 33.8 Å². The van der Waals surface area contributed by atoms with Gasteiger partial charge in [-0.15, -0.1) is 0 Å². The van der Waals surface area contributed by atoms with Crippen LogP contribution in [-0.4, -0.2) is 15.8 Å². The summed E-state index contributed by atoms with van der Waals surface area (Å²) in [6.45, 7) is 2.55. The molecule has 25 heavy (non-hydrogen) atoms. The van der Waals surface area contributed by atoms with Gasteiger partial charge in [-0.25, -0.2) is 15.4 Å². The predicted molar refractivity (Wildman–Crippen MR) is 98.6 cm³/mol. The second-order valence-corrected chi connectivity index (χ2v) is 6.65. The molecular formula is C20H21FN4. The van der Waals surface area contributed by atoms with Gasteiger partial charge >= 0.3 is 0 Å². The first kappa shape index (κ1) is 15.8. The zero-order valence-corrected chi connectivity index (χ0v) is 14.2. The molecule has 2 aromatic carbocycles. The van der Waals surface area contributed by atoms with Crippen LogP contribution in [0.25, 0.3) is 10.9 Å². The number of benzene rings is 2. The van der Waals surface area contributed by atoms with Crippen molar-refractivity contribution in [2.45, 2.75) is 32.7 Å². The van der Waals surface area contributed by atoms with Gasteiger partial charge in [-0.05, 0) is 61.6 Å². The van der Waals surface area contributed by atoms with E-state index in [2.05, 4.69) is 35.2 Å². The number of aromatic amines is 1. The molecule has 1 heterocycles. The number of nitrogens with zero attached hydrogens (tertiary/aromatic N) is 2. The maximum absolute atomic E-state index is 13.0. The van der Waals surface area contributed by atoms with Gasteiger partial charge in [0.1, 0.15) is 5.82 Å². The highest BCUT2D eigenvalue weighted by atomic mass is 19.1. The largest absolute Gasteiger partial charge is 0.353 e. The molecule has 0 atom stereocenters. The smallest absolute Gasteiger partial charge is 0.123 e. The first-order chi connectivity index (χ1) is 12.1. The standard InChI is InChI=1S/C20H21FN4/c1-13-5-10-18-17(11-13)16-3-2-4-19(20(16)23-18)24-25(22)12-14-6-8-15(21)9-7-14/h5-11,23H,2-4,12,22H2,1H3/b24-19+. The summed E-state index contributed by atoms with van der Waals surface area (Å²) < 4.78 is 13.0. The highest BCUT2D eigenvalue weighted by Crippen LogP contribution is 2.30. The van der Waals surface area contributed by atoms with Crippen molar-refractivity contribution in [1.29, 1.82) is 0 Å². The summed E-state index contributed by atoms with van der Waals surface area (Å²) in [7, 11) is 0. The lowest BCUT2D eigenvalue weighted by molar-refractivity contribution is 0.289. The summed E-state index contributed by atoms with van der Waals surface area (Å²) >= 11 is 0. The number of hydrazone groups is 1. The number of halogens is 1. The first-order valence-electron chi connectivity index (χ1n) is 8.56. The van der Waals surface area contributed by atoms with Crippen molar-refractivity contribution in [3.05, 3.63) is 70.7 Å². The average Bonchev–Trinajstić information content (AvgIpc) is 2.96. The van der Waals surface area contributed by atoms with Crippen LogP contribution in [0.3, 0.4) is 0 Å². The number of hydrogen-bond acceptors (Lipinski definition) is 3. The summed E-state index contributed by atoms with van der Waals surface area (Å²) in [5.74, 6) is 5.84. The normalized spacial score (nSPS) is 15.6. The lowest BCUT2D eigenvalue weighted by Crippen LogP contribution is -2.27. The lowest BCUT2D eigenvalue weighted by atomic mass is 9.94. The molecule has 1 aliphatic carbocycles. The van der Waals surface area contributed by atoms with Crippen LogP contribution in [0.15, 0.2) is 47.6 Å². The third-order valence-electron chi connectivity index (χ3n) is 4.70. The SMILES string of the molecule is Cc1ccc2[nH]c3c(c2c1)CCC/C3=N\N(N)Cc1ccc(F)cc1. The number of H-pyrrole nitrogens is 1. The fourth-order valence-electron chi connectivity index (χ4n) is 3.49. The third-order valence-corrected chi connectivity index (χ3v) is 4.70. The van der Waals surface area contributed by atoms with E-state index in [1.54, 1.807) is 12.1 Å². The summed E-state index contributed by atoms with van der Waals surface area (Å²) in [4.78, 5) is 3.51. The Morgan fingerprint density at radius 3 is 2.76 bits per heavy atom. The van der Waals surface area contributed by atoms with Gasteiger partial charge < -0.3 is 4.98 Å². The zero-order chi connectivity index (χ0) is 17.4. The van der Waals surface area contributed by atoms with E-state index in [4.69, 9.17) is 5.84 Å². The Bertz CT molecular complexity index is 940. The Morgan fingerprint density at radius 1 is 1.16 bits per heavy atom. The average molecular weight is 336 g/mol. The van der Waals surface area contributed by atoms with Gasteiger partial charge in [-0.1, -0.05) is 23.8 Å². The number of hydrazine groups is 1. The molecule has 0 unspecified atom stereocenters. The van der Waals surface area contributed by atoms with Crippen molar-refractivity contribution in [1.82, 2.24) is 10.1 Å². The van der Waals surface area contributed by atoms with Crippen LogP contribution in [0.5, 0.6) is 0 Å². The Morgan fingerprint density at radius 2 is 1.96 bits per heavy atom. The molecule has 0 bridgehead atoms. The molecule has 3 N–H and O–H groups in total. The molecule has 1 aliphatic rings. The van der Waals surface area contributed by atoms with Crippen molar-refractivity contribution in [3.8, 4) is 0 Å². The topological polar surface area (TPSA) is 57.4 Å². The molecule has 0 fully saturated rings. The van der Waals surface area contributed by atoms with Crippen LogP contribution < -0.4 is 5.84 Å². The molecule has 0 amide bonds. The lowest BCUT2D eigenvalue weighted by Gasteiger charge is -2.19. The Balaban J connectivity index is 1.64. The van der Waals surface area contributed by atoms with Gasteiger partial charge in [-0.3, -0.25) is 0 Å². The number of nitrogens with one attached hydrogen (secondary N) is 1. The Labute approximate surface area is 146 Å². The Hall–Kier alpha value is -2.66. The van der Waals surface area contributed by atoms with Crippen molar-refractivity contribution in [3.63, 3.8) is 0 Å². The molecule has 1 aromatic heterocycles. The van der Waals surface area contributed by atoms with Crippen LogP contribution in [0.4, 0.5) is 4.39 Å². The Kier molecular flexibility index (Phi) is 4.01. The number of aryl methyl sites for hydroxylation is 2. The maximum atomic E-state index is 13.0. The van der Waals surface area contributed by atoms with E-state index in [0.717, 1.165) is 41.7 Å². The van der Waals surface area contributed by atoms with Crippen LogP contribution in [-0.2, 0) is 13.0 Å². The van der Waals surface area contributed by atoms with Crippen molar-refractivity contribution in [2.24, 2.45) is 10.9 Å². The predicted octanol–water partition coefficient (Wildman–Crippen LogP) is 4.03. The highest BCUT2D eigenvalue weighted by Gasteiger charge is 2.21. The molecule has 0 aliphatic heterocycles. The van der Waals surface area contributed by atoms with E-state index in [0.29, 0.717) is 6.54 Å². The van der Waals surface area contributed by atoms with Crippen molar-refractivity contribution in [2.75, 3.05) is 0 Å². The van der Waals surface area contributed by atoms with Crippen LogP contribution in [0.1, 0.15) is 35.2 Å². The second-order valence-electron chi connectivity index (χ2n) is 6.65. The van der Waals surface area contributed by atoms with Gasteiger partial charge in [-0.2, -0.15) is 5.10 Å². The summed E-state index contributed by atoms with van der Waals surface area (Å²) in [6, 6.07) is 12.8. The van der Waals surface area contributed by atoms with Crippen molar-refractivity contribution >= 4 is 16.6 Å². The fourth-order valence-corrected chi connectivity index (χ4v) is 3.49. The van der Waals surface area contributed by atoms with Crippen LogP contribution >= 0.6 is 0 Å². The number of nitrogens with two attached hydrogens (primary N) is 1. The first-order valence-corrected chi connectivity index (χ1v) is 8.56. The van der Waals surface area contributed by atoms with Crippen LogP contribution in [0.2, 0.25) is 0 Å². The number of rotatable bonds is 3. The van der Waals surface area contributed by atoms with Gasteiger partial charge in [0.05, 0.1) is 18.0 Å². The zero-order valence-electron chi connectivity index (χ0n) is 14.2. The van der Waals surface area contributed by atoms with E-state index in [9.17, 15) is 4.39 Å². The van der Waals surface area contributed by atoms with E-state index < -0.39 is 0 Å². The molecule has 3 aromatic rings. The van der Waals surface area contributed by atoms with E-state index in [1.807, 2.05) is 0 Å². The summed E-state index contributed by atoms with van der Waals surface area (Å²) in [6.07, 6.45) is 3.02. The summed E-state index contributed by atoms with van der Waals surface area (Å²) in [5.41, 5.74) is 6.75. The minimum absolute atomic E-state index is 0.246. The third kappa shape index (κ3) is 3.15. The minimum atomic E-state index is -0.246. The molecule has 0 saturated heterocycles. The molecule has 128 valence electrons. The monoisotopic (exact) mass is 336 g/mol. The molecule has 5 heteroatoms. The minimum Gasteiger partial charge on any atom is -0.353 e. The fraction of sp³-hybridized carbons (Fsp3) is 0.250. The number of aromatic nitrogens is 1. The quantitative estimate of drug-likeness (QED) is 0.560. The number of fused-ring (bicyclic) bond motifs is 3. The maximum Gasteiger partial charge on any atom is 0.123 e. The van der Waals surface area contributed by atoms with Gasteiger partial charge in [0.2, 0.25) is 0 Å². The number of hydrogen-bond donors (Lipinski definition) is 2.